The highest BCUT2D eigenvalue weighted by Gasteiger charge is 2.11. The SMILES string of the molecule is CCNC(=NCc1ccc(CN(CC)CC)cc1)NC1CC=CC1.I. The van der Waals surface area contributed by atoms with Gasteiger partial charge in [-0.05, 0) is 44.0 Å². The Morgan fingerprint density at radius 1 is 1.04 bits per heavy atom. The van der Waals surface area contributed by atoms with E-state index in [-0.39, 0.29) is 24.0 Å². The van der Waals surface area contributed by atoms with Crippen LogP contribution in [0.2, 0.25) is 0 Å². The molecule has 0 atom stereocenters. The van der Waals surface area contributed by atoms with E-state index in [2.05, 4.69) is 72.7 Å². The standard InChI is InChI=1S/C20H32N4.HI/c1-4-21-20(23-19-9-7-8-10-19)22-15-17-11-13-18(14-12-17)16-24(5-2)6-3;/h7-8,11-14,19H,4-6,9-10,15-16H2,1-3H3,(H2,21,22,23);1H. The van der Waals surface area contributed by atoms with Gasteiger partial charge in [-0.1, -0.05) is 50.3 Å². The van der Waals surface area contributed by atoms with E-state index in [1.54, 1.807) is 0 Å². The van der Waals surface area contributed by atoms with Gasteiger partial charge in [0.25, 0.3) is 0 Å². The number of halogens is 1. The van der Waals surface area contributed by atoms with Gasteiger partial charge in [0.2, 0.25) is 0 Å². The number of nitrogens with zero attached hydrogens (tertiary/aromatic N) is 2. The number of rotatable bonds is 8. The zero-order valence-electron chi connectivity index (χ0n) is 15.8. The predicted molar refractivity (Wildman–Crippen MR) is 119 cm³/mol. The van der Waals surface area contributed by atoms with Gasteiger partial charge in [0.1, 0.15) is 0 Å². The van der Waals surface area contributed by atoms with Crippen molar-refractivity contribution in [2.24, 2.45) is 4.99 Å². The van der Waals surface area contributed by atoms with Gasteiger partial charge in [-0.15, -0.1) is 24.0 Å². The van der Waals surface area contributed by atoms with Crippen LogP contribution in [0.25, 0.3) is 0 Å². The van der Waals surface area contributed by atoms with Crippen LogP contribution in [0.15, 0.2) is 41.4 Å². The van der Waals surface area contributed by atoms with E-state index in [0.29, 0.717) is 12.6 Å². The van der Waals surface area contributed by atoms with E-state index in [9.17, 15) is 0 Å². The zero-order chi connectivity index (χ0) is 17.2. The second kappa shape index (κ2) is 12.3. The van der Waals surface area contributed by atoms with Crippen LogP contribution < -0.4 is 10.6 Å². The highest BCUT2D eigenvalue weighted by molar-refractivity contribution is 14.0. The molecule has 1 aliphatic rings. The first-order valence-corrected chi connectivity index (χ1v) is 9.25. The van der Waals surface area contributed by atoms with E-state index in [1.807, 2.05) is 0 Å². The third-order valence-electron chi connectivity index (χ3n) is 4.44. The summed E-state index contributed by atoms with van der Waals surface area (Å²) in [5.74, 6) is 0.915. The first-order valence-electron chi connectivity index (χ1n) is 9.25. The topological polar surface area (TPSA) is 39.7 Å². The minimum absolute atomic E-state index is 0. The lowest BCUT2D eigenvalue weighted by Gasteiger charge is -2.18. The molecule has 0 unspecified atom stereocenters. The lowest BCUT2D eigenvalue weighted by atomic mass is 10.1. The molecule has 5 heteroatoms. The number of hydrogen-bond acceptors (Lipinski definition) is 2. The molecule has 1 aromatic rings. The minimum Gasteiger partial charge on any atom is -0.357 e. The molecule has 25 heavy (non-hydrogen) atoms. The molecular formula is C20H33IN4. The lowest BCUT2D eigenvalue weighted by Crippen LogP contribution is -2.42. The molecular weight excluding hydrogens is 423 g/mol. The van der Waals surface area contributed by atoms with Crippen LogP contribution in [0.1, 0.15) is 44.7 Å². The molecule has 4 nitrogen and oxygen atoms in total. The molecule has 1 aliphatic carbocycles. The van der Waals surface area contributed by atoms with Crippen molar-refractivity contribution in [3.8, 4) is 0 Å². The van der Waals surface area contributed by atoms with Crippen LogP contribution in [0.3, 0.4) is 0 Å². The molecule has 2 rings (SSSR count). The molecule has 0 bridgehead atoms. The predicted octanol–water partition coefficient (Wildman–Crippen LogP) is 3.92. The van der Waals surface area contributed by atoms with E-state index in [0.717, 1.165) is 45.0 Å². The van der Waals surface area contributed by atoms with Crippen LogP contribution in [-0.2, 0) is 13.1 Å². The summed E-state index contributed by atoms with van der Waals surface area (Å²) in [7, 11) is 0. The van der Waals surface area contributed by atoms with Crippen molar-refractivity contribution in [3.63, 3.8) is 0 Å². The summed E-state index contributed by atoms with van der Waals surface area (Å²) in [6, 6.07) is 9.33. The molecule has 0 aliphatic heterocycles. The van der Waals surface area contributed by atoms with Crippen LogP contribution in [-0.4, -0.2) is 36.5 Å². The van der Waals surface area contributed by atoms with E-state index >= 15 is 0 Å². The third-order valence-corrected chi connectivity index (χ3v) is 4.44. The Kier molecular flexibility index (Phi) is 10.8. The summed E-state index contributed by atoms with van der Waals surface area (Å²) in [6.45, 7) is 11.3. The van der Waals surface area contributed by atoms with Gasteiger partial charge in [-0.2, -0.15) is 0 Å². The first kappa shape index (κ1) is 22.0. The van der Waals surface area contributed by atoms with E-state index in [1.165, 1.54) is 11.1 Å². The third kappa shape index (κ3) is 7.77. The summed E-state index contributed by atoms with van der Waals surface area (Å²) in [5, 5.41) is 6.85. The average molecular weight is 456 g/mol. The van der Waals surface area contributed by atoms with Gasteiger partial charge < -0.3 is 10.6 Å². The van der Waals surface area contributed by atoms with E-state index < -0.39 is 0 Å². The zero-order valence-corrected chi connectivity index (χ0v) is 18.1. The molecule has 0 amide bonds. The average Bonchev–Trinajstić information content (AvgIpc) is 3.12. The Balaban J connectivity index is 0.00000312. The molecule has 0 fully saturated rings. The van der Waals surface area contributed by atoms with Crippen LogP contribution in [0, 0.1) is 0 Å². The molecule has 0 saturated heterocycles. The van der Waals surface area contributed by atoms with Crippen molar-refractivity contribution in [1.29, 1.82) is 0 Å². The molecule has 0 heterocycles. The van der Waals surface area contributed by atoms with Crippen LogP contribution in [0.4, 0.5) is 0 Å². The highest BCUT2D eigenvalue weighted by atomic mass is 127. The highest BCUT2D eigenvalue weighted by Crippen LogP contribution is 2.10. The van der Waals surface area contributed by atoms with Crippen molar-refractivity contribution in [3.05, 3.63) is 47.5 Å². The molecule has 0 aromatic heterocycles. The van der Waals surface area contributed by atoms with Crippen molar-refractivity contribution < 1.29 is 0 Å². The summed E-state index contributed by atoms with van der Waals surface area (Å²) in [6.07, 6.45) is 6.64. The Morgan fingerprint density at radius 2 is 1.64 bits per heavy atom. The Labute approximate surface area is 170 Å². The number of benzene rings is 1. The molecule has 140 valence electrons. The van der Waals surface area contributed by atoms with Gasteiger partial charge in [0.15, 0.2) is 5.96 Å². The molecule has 2 N–H and O–H groups in total. The fraction of sp³-hybridized carbons (Fsp3) is 0.550. The minimum atomic E-state index is 0. The van der Waals surface area contributed by atoms with Crippen LogP contribution >= 0.6 is 24.0 Å². The fourth-order valence-corrected chi connectivity index (χ4v) is 2.87. The summed E-state index contributed by atoms with van der Waals surface area (Å²) in [4.78, 5) is 7.15. The van der Waals surface area contributed by atoms with Crippen molar-refractivity contribution >= 4 is 29.9 Å². The number of aliphatic imine (C=N–C) groups is 1. The van der Waals surface area contributed by atoms with Crippen molar-refractivity contribution in [1.82, 2.24) is 15.5 Å². The van der Waals surface area contributed by atoms with E-state index in [4.69, 9.17) is 4.99 Å². The smallest absolute Gasteiger partial charge is 0.191 e. The monoisotopic (exact) mass is 456 g/mol. The van der Waals surface area contributed by atoms with Crippen molar-refractivity contribution in [2.45, 2.75) is 52.7 Å². The van der Waals surface area contributed by atoms with Gasteiger partial charge in [-0.25, -0.2) is 4.99 Å². The Morgan fingerprint density at radius 3 is 2.20 bits per heavy atom. The number of hydrogen-bond donors (Lipinski definition) is 2. The quantitative estimate of drug-likeness (QED) is 0.270. The maximum atomic E-state index is 4.73. The summed E-state index contributed by atoms with van der Waals surface area (Å²) < 4.78 is 0. The Bertz CT molecular complexity index is 527. The second-order valence-electron chi connectivity index (χ2n) is 6.26. The fourth-order valence-electron chi connectivity index (χ4n) is 2.87. The second-order valence-corrected chi connectivity index (χ2v) is 6.26. The number of guanidine groups is 1. The molecule has 0 saturated carbocycles. The van der Waals surface area contributed by atoms with Gasteiger partial charge in [0.05, 0.1) is 6.54 Å². The van der Waals surface area contributed by atoms with Gasteiger partial charge >= 0.3 is 0 Å². The molecule has 0 radical (unpaired) electrons. The maximum Gasteiger partial charge on any atom is 0.191 e. The van der Waals surface area contributed by atoms with Crippen LogP contribution in [0.5, 0.6) is 0 Å². The normalized spacial score (nSPS) is 14.6. The largest absolute Gasteiger partial charge is 0.357 e. The van der Waals surface area contributed by atoms with Crippen molar-refractivity contribution in [2.75, 3.05) is 19.6 Å². The summed E-state index contributed by atoms with van der Waals surface area (Å²) in [5.41, 5.74) is 2.62. The van der Waals surface area contributed by atoms with Gasteiger partial charge in [-0.3, -0.25) is 4.90 Å². The first-order chi connectivity index (χ1) is 11.7. The lowest BCUT2D eigenvalue weighted by molar-refractivity contribution is 0.296. The Hall–Kier alpha value is -1.08. The van der Waals surface area contributed by atoms with Gasteiger partial charge in [0, 0.05) is 19.1 Å². The molecule has 0 spiro atoms. The number of nitrogens with one attached hydrogen (secondary N) is 2. The molecule has 1 aromatic carbocycles. The maximum absolute atomic E-state index is 4.73. The summed E-state index contributed by atoms with van der Waals surface area (Å²) >= 11 is 0.